The Morgan fingerprint density at radius 2 is 1.64 bits per heavy atom. The van der Waals surface area contributed by atoms with Gasteiger partial charge in [0.05, 0.1) is 0 Å². The fourth-order valence-corrected chi connectivity index (χ4v) is 0.697. The topological polar surface area (TPSA) is 74.6 Å². The molecule has 0 heterocycles. The molecule has 0 aromatic heterocycles. The third-order valence-electron chi connectivity index (χ3n) is 1.54. The third kappa shape index (κ3) is 37.5. The summed E-state index contributed by atoms with van der Waals surface area (Å²) in [4.78, 5) is 0. The molecule has 14 heavy (non-hydrogen) atoms. The summed E-state index contributed by atoms with van der Waals surface area (Å²) in [6.45, 7) is 8.42. The van der Waals surface area contributed by atoms with E-state index < -0.39 is 10.4 Å². The summed E-state index contributed by atoms with van der Waals surface area (Å²) < 4.78 is 31.6. The van der Waals surface area contributed by atoms with Crippen molar-refractivity contribution in [1.29, 1.82) is 0 Å². The Bertz CT molecular complexity index is 184. The molecule has 0 aliphatic heterocycles. The standard InChI is InChI=1S/C8H17.K.H2O4S/c1-4-6-7-8(3)5-2;;1-5(2,3)4/h8H,3-7H2,1-2H3;;(H2,1,2,3,4)/q-1;+1;. The van der Waals surface area contributed by atoms with E-state index in [1.807, 2.05) is 0 Å². The summed E-state index contributed by atoms with van der Waals surface area (Å²) in [6.07, 6.45) is 5.21. The summed E-state index contributed by atoms with van der Waals surface area (Å²) in [6, 6.07) is 0. The average Bonchev–Trinajstić information content (AvgIpc) is 1.97. The molecule has 0 saturated carbocycles. The summed E-state index contributed by atoms with van der Waals surface area (Å²) in [7, 11) is -4.67. The van der Waals surface area contributed by atoms with Crippen molar-refractivity contribution in [3.63, 3.8) is 0 Å². The van der Waals surface area contributed by atoms with Gasteiger partial charge in [0.2, 0.25) is 0 Å². The van der Waals surface area contributed by atoms with E-state index in [1.54, 1.807) is 0 Å². The van der Waals surface area contributed by atoms with Crippen LogP contribution in [-0.2, 0) is 10.4 Å². The molecule has 0 bridgehead atoms. The molecule has 0 amide bonds. The van der Waals surface area contributed by atoms with Crippen LogP contribution in [0.5, 0.6) is 0 Å². The van der Waals surface area contributed by atoms with Crippen LogP contribution >= 0.6 is 0 Å². The predicted octanol–water partition coefficient (Wildman–Crippen LogP) is -0.612. The normalized spacial score (nSPS) is 12.1. The summed E-state index contributed by atoms with van der Waals surface area (Å²) in [5, 5.41) is 0. The molecule has 4 nitrogen and oxygen atoms in total. The van der Waals surface area contributed by atoms with Gasteiger partial charge in [0.1, 0.15) is 0 Å². The molecule has 0 aromatic rings. The smallest absolute Gasteiger partial charge is 0.340 e. The number of unbranched alkanes of at least 4 members (excludes halogenated alkanes) is 1. The minimum atomic E-state index is -4.67. The molecular weight excluding hydrogens is 231 g/mol. The van der Waals surface area contributed by atoms with Crippen LogP contribution in [0.1, 0.15) is 39.5 Å². The Morgan fingerprint density at radius 1 is 1.29 bits per heavy atom. The minimum Gasteiger partial charge on any atom is -0.340 e. The van der Waals surface area contributed by atoms with E-state index in [0.29, 0.717) is 5.92 Å². The quantitative estimate of drug-likeness (QED) is 0.396. The molecule has 6 heteroatoms. The minimum absolute atomic E-state index is 0. The molecule has 0 saturated heterocycles. The first-order valence-corrected chi connectivity index (χ1v) is 5.73. The second kappa shape index (κ2) is 12.6. The fraction of sp³-hybridized carbons (Fsp3) is 0.875. The van der Waals surface area contributed by atoms with Crippen molar-refractivity contribution in [2.45, 2.75) is 39.5 Å². The van der Waals surface area contributed by atoms with Crippen molar-refractivity contribution >= 4 is 10.4 Å². The Morgan fingerprint density at radius 3 is 1.86 bits per heavy atom. The molecule has 0 rings (SSSR count). The zero-order valence-electron chi connectivity index (χ0n) is 9.23. The van der Waals surface area contributed by atoms with Crippen LogP contribution in [-0.4, -0.2) is 17.5 Å². The molecule has 0 spiro atoms. The molecule has 0 aliphatic carbocycles. The fourth-order valence-electron chi connectivity index (χ4n) is 0.697. The second-order valence-electron chi connectivity index (χ2n) is 2.86. The number of rotatable bonds is 4. The van der Waals surface area contributed by atoms with Gasteiger partial charge < -0.3 is 6.92 Å². The van der Waals surface area contributed by atoms with Crippen molar-refractivity contribution in [2.24, 2.45) is 5.92 Å². The van der Waals surface area contributed by atoms with E-state index in [-0.39, 0.29) is 51.4 Å². The van der Waals surface area contributed by atoms with Crippen LogP contribution in [0.25, 0.3) is 0 Å². The van der Waals surface area contributed by atoms with E-state index in [2.05, 4.69) is 20.8 Å². The number of hydrogen-bond donors (Lipinski definition) is 2. The first kappa shape index (κ1) is 20.9. The summed E-state index contributed by atoms with van der Waals surface area (Å²) in [5.74, 6) is 0.704. The Balaban J connectivity index is -0.000000177. The zero-order chi connectivity index (χ0) is 10.9. The van der Waals surface area contributed by atoms with Crippen LogP contribution in [0.2, 0.25) is 0 Å². The Labute approximate surface area is 130 Å². The van der Waals surface area contributed by atoms with Crippen LogP contribution < -0.4 is 51.4 Å². The van der Waals surface area contributed by atoms with Crippen LogP contribution in [0.15, 0.2) is 0 Å². The largest absolute Gasteiger partial charge is 1.00 e. The molecular formula is C8H19KO4S. The van der Waals surface area contributed by atoms with Crippen molar-refractivity contribution in [1.82, 2.24) is 0 Å². The molecule has 2 N–H and O–H groups in total. The van der Waals surface area contributed by atoms with Crippen molar-refractivity contribution in [3.8, 4) is 0 Å². The maximum atomic E-state index is 8.74. The summed E-state index contributed by atoms with van der Waals surface area (Å²) >= 11 is 0. The second-order valence-corrected chi connectivity index (χ2v) is 3.76. The van der Waals surface area contributed by atoms with E-state index in [9.17, 15) is 0 Å². The van der Waals surface area contributed by atoms with E-state index in [4.69, 9.17) is 17.5 Å². The van der Waals surface area contributed by atoms with Gasteiger partial charge in [0.25, 0.3) is 0 Å². The molecule has 1 unspecified atom stereocenters. The molecule has 0 fully saturated rings. The van der Waals surface area contributed by atoms with Crippen LogP contribution in [0.3, 0.4) is 0 Å². The van der Waals surface area contributed by atoms with Gasteiger partial charge in [0, 0.05) is 0 Å². The maximum Gasteiger partial charge on any atom is 1.00 e. The molecule has 1 atom stereocenters. The van der Waals surface area contributed by atoms with Crippen LogP contribution in [0, 0.1) is 12.8 Å². The van der Waals surface area contributed by atoms with E-state index in [0.717, 1.165) is 0 Å². The van der Waals surface area contributed by atoms with Gasteiger partial charge in [-0.25, -0.2) is 0 Å². The molecule has 82 valence electrons. The summed E-state index contributed by atoms with van der Waals surface area (Å²) in [5.41, 5.74) is 0. The Hall–Kier alpha value is 1.51. The third-order valence-corrected chi connectivity index (χ3v) is 1.54. The monoisotopic (exact) mass is 250 g/mol. The van der Waals surface area contributed by atoms with E-state index >= 15 is 0 Å². The predicted molar refractivity (Wildman–Crippen MR) is 52.8 cm³/mol. The van der Waals surface area contributed by atoms with Crippen molar-refractivity contribution in [3.05, 3.63) is 6.92 Å². The molecule has 0 aromatic carbocycles. The van der Waals surface area contributed by atoms with Crippen molar-refractivity contribution < 1.29 is 68.9 Å². The van der Waals surface area contributed by atoms with E-state index in [1.165, 1.54) is 25.7 Å². The van der Waals surface area contributed by atoms with Crippen LogP contribution in [0.4, 0.5) is 0 Å². The Kier molecular flexibility index (Phi) is 18.7. The van der Waals surface area contributed by atoms with Gasteiger partial charge in [-0.1, -0.05) is 39.5 Å². The van der Waals surface area contributed by atoms with Gasteiger partial charge in [0.15, 0.2) is 0 Å². The van der Waals surface area contributed by atoms with Gasteiger partial charge in [-0.15, -0.1) is 0 Å². The van der Waals surface area contributed by atoms with Gasteiger partial charge in [-0.2, -0.15) is 14.3 Å². The first-order valence-electron chi connectivity index (χ1n) is 4.34. The SMILES string of the molecule is O=S(=O)(O)O.[CH2-]C(CC)CCCC.[K+]. The first-order chi connectivity index (χ1) is 5.81. The average molecular weight is 250 g/mol. The number of hydrogen-bond acceptors (Lipinski definition) is 2. The molecule has 0 radical (unpaired) electrons. The van der Waals surface area contributed by atoms with Crippen molar-refractivity contribution in [2.75, 3.05) is 0 Å². The van der Waals surface area contributed by atoms with Gasteiger partial charge in [-0.05, 0) is 0 Å². The van der Waals surface area contributed by atoms with Gasteiger partial charge in [-0.3, -0.25) is 9.11 Å². The maximum absolute atomic E-state index is 8.74. The zero-order valence-corrected chi connectivity index (χ0v) is 13.2. The molecule has 0 aliphatic rings. The van der Waals surface area contributed by atoms with Gasteiger partial charge >= 0.3 is 61.8 Å².